The van der Waals surface area contributed by atoms with Gasteiger partial charge in [0.15, 0.2) is 5.16 Å². The highest BCUT2D eigenvalue weighted by molar-refractivity contribution is 7.99. The van der Waals surface area contributed by atoms with Crippen LogP contribution in [-0.2, 0) is 9.53 Å². The molecule has 0 saturated heterocycles. The molecule has 1 heterocycles. The normalized spacial score (nSPS) is 10.0. The molecule has 7 heteroatoms. The van der Waals surface area contributed by atoms with Crippen molar-refractivity contribution in [1.82, 2.24) is 9.97 Å². The van der Waals surface area contributed by atoms with Crippen LogP contribution in [0, 0.1) is 6.92 Å². The van der Waals surface area contributed by atoms with Gasteiger partial charge in [0.1, 0.15) is 0 Å². The highest BCUT2D eigenvalue weighted by atomic mass is 32.2. The summed E-state index contributed by atoms with van der Waals surface area (Å²) in [4.78, 5) is 29.5. The summed E-state index contributed by atoms with van der Waals surface area (Å²) < 4.78 is 4.49. The minimum Gasteiger partial charge on any atom is -0.478 e. The van der Waals surface area contributed by atoms with E-state index < -0.39 is 5.97 Å². The molecular formula is C10H12N2O4S. The number of carboxylic acids is 1. The quantitative estimate of drug-likeness (QED) is 0.480. The molecule has 0 fully saturated rings. The lowest BCUT2D eigenvalue weighted by Gasteiger charge is -2.02. The number of methoxy groups -OCH3 is 1. The molecule has 1 N–H and O–H groups in total. The standard InChI is InChI=1S/C10H12N2O4S/c1-6-7(9(14)15)5-11-10(12-6)17-4-3-8(13)16-2/h5H,3-4H2,1-2H3,(H,14,15). The van der Waals surface area contributed by atoms with Gasteiger partial charge in [-0.25, -0.2) is 14.8 Å². The van der Waals surface area contributed by atoms with Crippen LogP contribution in [0.3, 0.4) is 0 Å². The molecular weight excluding hydrogens is 244 g/mol. The van der Waals surface area contributed by atoms with Crippen molar-refractivity contribution in [3.63, 3.8) is 0 Å². The minimum absolute atomic E-state index is 0.0855. The fraction of sp³-hybridized carbons (Fsp3) is 0.400. The van der Waals surface area contributed by atoms with Crippen molar-refractivity contribution >= 4 is 23.7 Å². The molecule has 0 aliphatic heterocycles. The number of aromatic nitrogens is 2. The van der Waals surface area contributed by atoms with Crippen molar-refractivity contribution in [1.29, 1.82) is 0 Å². The second kappa shape index (κ2) is 6.19. The third-order valence-corrected chi connectivity index (χ3v) is 2.82. The van der Waals surface area contributed by atoms with E-state index in [1.807, 2.05) is 0 Å². The van der Waals surface area contributed by atoms with Gasteiger partial charge in [-0.2, -0.15) is 0 Å². The zero-order chi connectivity index (χ0) is 12.8. The Hall–Kier alpha value is -1.63. The lowest BCUT2D eigenvalue weighted by atomic mass is 10.2. The highest BCUT2D eigenvalue weighted by Crippen LogP contribution is 2.15. The third kappa shape index (κ3) is 4.03. The van der Waals surface area contributed by atoms with E-state index in [9.17, 15) is 9.59 Å². The lowest BCUT2D eigenvalue weighted by Crippen LogP contribution is -2.05. The molecule has 0 radical (unpaired) electrons. The number of hydrogen-bond donors (Lipinski definition) is 1. The van der Waals surface area contributed by atoms with E-state index in [1.165, 1.54) is 25.1 Å². The van der Waals surface area contributed by atoms with Gasteiger partial charge >= 0.3 is 11.9 Å². The van der Waals surface area contributed by atoms with Crippen LogP contribution >= 0.6 is 11.8 Å². The van der Waals surface area contributed by atoms with E-state index >= 15 is 0 Å². The van der Waals surface area contributed by atoms with E-state index in [0.717, 1.165) is 0 Å². The maximum absolute atomic E-state index is 10.9. The summed E-state index contributed by atoms with van der Waals surface area (Å²) in [7, 11) is 1.33. The molecule has 1 aromatic rings. The number of carbonyl (C=O) groups excluding carboxylic acids is 1. The number of hydrogen-bond acceptors (Lipinski definition) is 6. The molecule has 1 aromatic heterocycles. The Labute approximate surface area is 102 Å². The number of aryl methyl sites for hydroxylation is 1. The zero-order valence-electron chi connectivity index (χ0n) is 9.47. The Morgan fingerprint density at radius 2 is 2.24 bits per heavy atom. The first-order valence-corrected chi connectivity index (χ1v) is 5.79. The van der Waals surface area contributed by atoms with Crippen molar-refractivity contribution < 1.29 is 19.4 Å². The van der Waals surface area contributed by atoms with Crippen molar-refractivity contribution in [2.24, 2.45) is 0 Å². The zero-order valence-corrected chi connectivity index (χ0v) is 10.3. The molecule has 1 rings (SSSR count). The first-order valence-electron chi connectivity index (χ1n) is 4.81. The van der Waals surface area contributed by atoms with Gasteiger partial charge in [0, 0.05) is 11.9 Å². The van der Waals surface area contributed by atoms with Crippen molar-refractivity contribution in [3.05, 3.63) is 17.5 Å². The summed E-state index contributed by atoms with van der Waals surface area (Å²) in [5.74, 6) is -0.844. The summed E-state index contributed by atoms with van der Waals surface area (Å²) in [5.41, 5.74) is 0.496. The van der Waals surface area contributed by atoms with Crippen molar-refractivity contribution in [3.8, 4) is 0 Å². The number of carbonyl (C=O) groups is 2. The summed E-state index contributed by atoms with van der Waals surface area (Å²) >= 11 is 1.28. The van der Waals surface area contributed by atoms with Gasteiger partial charge in [-0.3, -0.25) is 4.79 Å². The van der Waals surface area contributed by atoms with Gasteiger partial charge in [-0.15, -0.1) is 0 Å². The molecule has 0 aromatic carbocycles. The van der Waals surface area contributed by atoms with Crippen LogP contribution in [0.25, 0.3) is 0 Å². The Balaban J connectivity index is 2.59. The van der Waals surface area contributed by atoms with Crippen LogP contribution in [0.4, 0.5) is 0 Å². The van der Waals surface area contributed by atoms with Crippen LogP contribution in [0.1, 0.15) is 22.5 Å². The van der Waals surface area contributed by atoms with Crippen molar-refractivity contribution in [2.75, 3.05) is 12.9 Å². The van der Waals surface area contributed by atoms with Gasteiger partial charge < -0.3 is 9.84 Å². The molecule has 0 atom stereocenters. The fourth-order valence-electron chi connectivity index (χ4n) is 1.05. The van der Waals surface area contributed by atoms with Gasteiger partial charge in [-0.05, 0) is 6.92 Å². The molecule has 6 nitrogen and oxygen atoms in total. The van der Waals surface area contributed by atoms with Gasteiger partial charge in [-0.1, -0.05) is 11.8 Å². The molecule has 17 heavy (non-hydrogen) atoms. The first-order chi connectivity index (χ1) is 8.04. The van der Waals surface area contributed by atoms with Crippen LogP contribution in [0.15, 0.2) is 11.4 Å². The van der Waals surface area contributed by atoms with Crippen LogP contribution in [0.5, 0.6) is 0 Å². The molecule has 0 saturated carbocycles. The minimum atomic E-state index is -1.05. The maximum Gasteiger partial charge on any atom is 0.339 e. The Morgan fingerprint density at radius 3 is 2.76 bits per heavy atom. The number of nitrogens with zero attached hydrogens (tertiary/aromatic N) is 2. The predicted molar refractivity (Wildman–Crippen MR) is 61.1 cm³/mol. The molecule has 0 spiro atoms. The van der Waals surface area contributed by atoms with Gasteiger partial charge in [0.25, 0.3) is 0 Å². The Bertz CT molecular complexity index is 436. The van der Waals surface area contributed by atoms with E-state index in [0.29, 0.717) is 16.6 Å². The third-order valence-electron chi connectivity index (χ3n) is 1.95. The van der Waals surface area contributed by atoms with Crippen LogP contribution in [0.2, 0.25) is 0 Å². The largest absolute Gasteiger partial charge is 0.478 e. The molecule has 92 valence electrons. The summed E-state index contributed by atoms with van der Waals surface area (Å²) in [6.07, 6.45) is 1.54. The number of aromatic carboxylic acids is 1. The van der Waals surface area contributed by atoms with Crippen LogP contribution < -0.4 is 0 Å². The molecule has 0 amide bonds. The first kappa shape index (κ1) is 13.4. The number of thioether (sulfide) groups is 1. The van der Waals surface area contributed by atoms with E-state index in [4.69, 9.17) is 5.11 Å². The molecule has 0 bridgehead atoms. The Morgan fingerprint density at radius 1 is 1.53 bits per heavy atom. The van der Waals surface area contributed by atoms with E-state index in [-0.39, 0.29) is 18.0 Å². The van der Waals surface area contributed by atoms with Crippen LogP contribution in [-0.4, -0.2) is 39.9 Å². The predicted octanol–water partition coefficient (Wildman–Crippen LogP) is 1.14. The molecule has 0 unspecified atom stereocenters. The van der Waals surface area contributed by atoms with Gasteiger partial charge in [0.05, 0.1) is 24.8 Å². The van der Waals surface area contributed by atoms with E-state index in [1.54, 1.807) is 6.92 Å². The number of esters is 1. The number of ether oxygens (including phenoxy) is 1. The average molecular weight is 256 g/mol. The number of carboxylic acid groups (broad SMARTS) is 1. The lowest BCUT2D eigenvalue weighted by molar-refractivity contribution is -0.140. The maximum atomic E-state index is 10.9. The Kier molecular flexibility index (Phi) is 4.89. The fourth-order valence-corrected chi connectivity index (χ4v) is 1.83. The second-order valence-electron chi connectivity index (χ2n) is 3.13. The average Bonchev–Trinajstić information content (AvgIpc) is 2.28. The summed E-state index contributed by atoms with van der Waals surface area (Å²) in [5, 5.41) is 9.24. The van der Waals surface area contributed by atoms with Crippen molar-refractivity contribution in [2.45, 2.75) is 18.5 Å². The molecule has 0 aliphatic rings. The monoisotopic (exact) mass is 256 g/mol. The van der Waals surface area contributed by atoms with Gasteiger partial charge in [0.2, 0.25) is 0 Å². The molecule has 0 aliphatic carbocycles. The van der Waals surface area contributed by atoms with E-state index in [2.05, 4.69) is 14.7 Å². The number of rotatable bonds is 5. The SMILES string of the molecule is COC(=O)CCSc1ncc(C(=O)O)c(C)n1. The smallest absolute Gasteiger partial charge is 0.339 e. The second-order valence-corrected chi connectivity index (χ2v) is 4.19. The summed E-state index contributed by atoms with van der Waals surface area (Å²) in [6, 6.07) is 0. The summed E-state index contributed by atoms with van der Waals surface area (Å²) in [6.45, 7) is 1.61. The topological polar surface area (TPSA) is 89.4 Å². The highest BCUT2D eigenvalue weighted by Gasteiger charge is 2.10.